The van der Waals surface area contributed by atoms with E-state index in [1.165, 1.54) is 12.1 Å². The molecule has 142 valence electrons. The zero-order chi connectivity index (χ0) is 19.3. The molecule has 5 heteroatoms. The first-order chi connectivity index (χ1) is 13.7. The summed E-state index contributed by atoms with van der Waals surface area (Å²) in [6, 6.07) is 23.2. The maximum atomic E-state index is 13.2. The lowest BCUT2D eigenvalue weighted by Gasteiger charge is -2.27. The molecule has 3 aromatic carbocycles. The molecule has 0 unspecified atom stereocenters. The topological polar surface area (TPSA) is 54.9 Å². The van der Waals surface area contributed by atoms with E-state index < -0.39 is 6.04 Å². The van der Waals surface area contributed by atoms with Crippen molar-refractivity contribution >= 4 is 11.6 Å². The summed E-state index contributed by atoms with van der Waals surface area (Å²) in [6.45, 7) is 0.624. The van der Waals surface area contributed by atoms with Crippen LogP contribution in [0.5, 0.6) is 5.75 Å². The Kier molecular flexibility index (Phi) is 5.35. The van der Waals surface area contributed by atoms with Gasteiger partial charge in [-0.15, -0.1) is 0 Å². The average molecular weight is 377 g/mol. The first-order valence-electron chi connectivity index (χ1n) is 9.39. The number of para-hydroxylation sites is 1. The predicted octanol–water partition coefficient (Wildman–Crippen LogP) is 3.59. The van der Waals surface area contributed by atoms with Crippen LogP contribution in [-0.4, -0.2) is 12.5 Å². The van der Waals surface area contributed by atoms with Crippen molar-refractivity contribution in [1.82, 2.24) is 0 Å². The molecular formula is C23H22FN2O2+. The Bertz CT molecular complexity index is 944. The Hall–Kier alpha value is -3.18. The highest BCUT2D eigenvalue weighted by molar-refractivity contribution is 5.94. The van der Waals surface area contributed by atoms with Gasteiger partial charge in [0, 0.05) is 17.7 Å². The number of anilines is 1. The molecule has 0 radical (unpaired) electrons. The molecule has 3 aromatic rings. The van der Waals surface area contributed by atoms with Gasteiger partial charge in [-0.1, -0.05) is 42.5 Å². The molecule has 0 aromatic heterocycles. The van der Waals surface area contributed by atoms with Crippen molar-refractivity contribution in [2.45, 2.75) is 18.5 Å². The van der Waals surface area contributed by atoms with Crippen LogP contribution >= 0.6 is 0 Å². The number of fused-ring (bicyclic) bond motifs is 1. The largest absolute Gasteiger partial charge is 0.493 e. The Morgan fingerprint density at radius 1 is 1.00 bits per heavy atom. The quantitative estimate of drug-likeness (QED) is 0.714. The van der Waals surface area contributed by atoms with Crippen molar-refractivity contribution in [3.8, 4) is 5.75 Å². The molecule has 4 nitrogen and oxygen atoms in total. The van der Waals surface area contributed by atoms with Crippen molar-refractivity contribution in [3.63, 3.8) is 0 Å². The zero-order valence-corrected chi connectivity index (χ0v) is 15.3. The number of ether oxygens (including phenoxy) is 1. The monoisotopic (exact) mass is 377 g/mol. The molecule has 0 saturated heterocycles. The molecule has 4 rings (SSSR count). The van der Waals surface area contributed by atoms with E-state index >= 15 is 0 Å². The smallest absolute Gasteiger partial charge is 0.287 e. The summed E-state index contributed by atoms with van der Waals surface area (Å²) in [6.07, 6.45) is 0.824. The third-order valence-electron chi connectivity index (χ3n) is 4.98. The van der Waals surface area contributed by atoms with Gasteiger partial charge in [-0.3, -0.25) is 4.79 Å². The average Bonchev–Trinajstić information content (AvgIpc) is 2.74. The number of quaternary nitrogens is 1. The van der Waals surface area contributed by atoms with E-state index in [4.69, 9.17) is 4.74 Å². The lowest BCUT2D eigenvalue weighted by molar-refractivity contribution is -0.723. The molecule has 1 aliphatic heterocycles. The molecular weight excluding hydrogens is 355 g/mol. The second-order valence-electron chi connectivity index (χ2n) is 6.86. The van der Waals surface area contributed by atoms with Crippen molar-refractivity contribution in [2.24, 2.45) is 0 Å². The molecule has 28 heavy (non-hydrogen) atoms. The third-order valence-corrected chi connectivity index (χ3v) is 4.98. The van der Waals surface area contributed by atoms with Crippen LogP contribution in [0.2, 0.25) is 0 Å². The molecule has 0 fully saturated rings. The van der Waals surface area contributed by atoms with Crippen LogP contribution in [0.4, 0.5) is 10.1 Å². The summed E-state index contributed by atoms with van der Waals surface area (Å²) in [7, 11) is 0. The zero-order valence-electron chi connectivity index (χ0n) is 15.3. The number of halogens is 1. The summed E-state index contributed by atoms with van der Waals surface area (Å²) in [5.74, 6) is 0.408. The minimum Gasteiger partial charge on any atom is -0.493 e. The minimum absolute atomic E-state index is 0.120. The van der Waals surface area contributed by atoms with Gasteiger partial charge in [0.15, 0.2) is 6.04 Å². The minimum atomic E-state index is -0.428. The van der Waals surface area contributed by atoms with Crippen molar-refractivity contribution in [2.75, 3.05) is 11.9 Å². The van der Waals surface area contributed by atoms with Crippen LogP contribution in [0.3, 0.4) is 0 Å². The van der Waals surface area contributed by atoms with E-state index in [2.05, 4.69) is 16.7 Å². The number of carbonyl (C=O) groups excluding carboxylic acids is 1. The lowest BCUT2D eigenvalue weighted by Crippen LogP contribution is -2.88. The van der Waals surface area contributed by atoms with Gasteiger partial charge in [-0.05, 0) is 36.4 Å². The summed E-state index contributed by atoms with van der Waals surface area (Å²) in [5, 5.41) is 5.01. The van der Waals surface area contributed by atoms with E-state index in [-0.39, 0.29) is 17.8 Å². The summed E-state index contributed by atoms with van der Waals surface area (Å²) >= 11 is 0. The van der Waals surface area contributed by atoms with Gasteiger partial charge in [-0.2, -0.15) is 0 Å². The fourth-order valence-corrected chi connectivity index (χ4v) is 3.57. The third kappa shape index (κ3) is 4.05. The van der Waals surface area contributed by atoms with Crippen molar-refractivity contribution in [3.05, 3.63) is 95.8 Å². The van der Waals surface area contributed by atoms with E-state index in [1.54, 1.807) is 12.1 Å². The van der Waals surface area contributed by atoms with Gasteiger partial charge in [-0.25, -0.2) is 4.39 Å². The predicted molar refractivity (Wildman–Crippen MR) is 105 cm³/mol. The Balaban J connectivity index is 1.60. The Labute approximate surface area is 163 Å². The number of benzene rings is 3. The first-order valence-corrected chi connectivity index (χ1v) is 9.39. The number of hydrogen-bond acceptors (Lipinski definition) is 2. The SMILES string of the molecule is O=C(Nc1ccc(F)cc1)[C@@H]([NH2+][C@@H]1CCOc2ccccc21)c1ccccc1. The number of rotatable bonds is 5. The van der Waals surface area contributed by atoms with Gasteiger partial charge in [0.25, 0.3) is 5.91 Å². The molecule has 1 aliphatic rings. The number of nitrogens with two attached hydrogens (primary N) is 1. The van der Waals surface area contributed by atoms with Crippen molar-refractivity contribution < 1.29 is 19.2 Å². The van der Waals surface area contributed by atoms with Gasteiger partial charge in [0.2, 0.25) is 0 Å². The molecule has 0 spiro atoms. The molecule has 0 saturated carbocycles. The van der Waals surface area contributed by atoms with E-state index in [9.17, 15) is 9.18 Å². The van der Waals surface area contributed by atoms with Crippen LogP contribution in [0.15, 0.2) is 78.9 Å². The summed E-state index contributed by atoms with van der Waals surface area (Å²) in [4.78, 5) is 13.1. The maximum absolute atomic E-state index is 13.2. The van der Waals surface area contributed by atoms with Crippen LogP contribution in [0.25, 0.3) is 0 Å². The molecule has 3 N–H and O–H groups in total. The fourth-order valence-electron chi connectivity index (χ4n) is 3.57. The Morgan fingerprint density at radius 3 is 2.50 bits per heavy atom. The fraction of sp³-hybridized carbons (Fsp3) is 0.174. The second kappa shape index (κ2) is 8.23. The highest BCUT2D eigenvalue weighted by Gasteiger charge is 2.32. The standard InChI is InChI=1S/C23H21FN2O2/c24-17-10-12-18(13-11-17)25-23(27)22(16-6-2-1-3-7-16)26-20-14-15-28-21-9-5-4-8-19(20)21/h1-13,20,22,26H,14-15H2,(H,25,27)/p+1/t20-,22+/m1/s1. The summed E-state index contributed by atoms with van der Waals surface area (Å²) < 4.78 is 18.9. The number of amides is 1. The lowest BCUT2D eigenvalue weighted by atomic mass is 9.97. The highest BCUT2D eigenvalue weighted by Crippen LogP contribution is 2.30. The molecule has 1 amide bonds. The van der Waals surface area contributed by atoms with E-state index in [1.807, 2.05) is 48.5 Å². The molecule has 0 aliphatic carbocycles. The van der Waals surface area contributed by atoms with Gasteiger partial charge in [0.1, 0.15) is 17.6 Å². The molecule has 0 bridgehead atoms. The van der Waals surface area contributed by atoms with Gasteiger partial charge >= 0.3 is 0 Å². The Morgan fingerprint density at radius 2 is 1.71 bits per heavy atom. The van der Waals surface area contributed by atoms with Crippen molar-refractivity contribution in [1.29, 1.82) is 0 Å². The second-order valence-corrected chi connectivity index (χ2v) is 6.86. The number of hydrogen-bond donors (Lipinski definition) is 2. The molecule has 2 atom stereocenters. The van der Waals surface area contributed by atoms with E-state index in [0.29, 0.717) is 12.3 Å². The summed E-state index contributed by atoms with van der Waals surface area (Å²) in [5.41, 5.74) is 2.60. The normalized spacial score (nSPS) is 16.5. The van der Waals surface area contributed by atoms with Crippen LogP contribution < -0.4 is 15.4 Å². The molecule has 1 heterocycles. The number of nitrogens with one attached hydrogen (secondary N) is 1. The van der Waals surface area contributed by atoms with E-state index in [0.717, 1.165) is 23.3 Å². The highest BCUT2D eigenvalue weighted by atomic mass is 19.1. The van der Waals surface area contributed by atoms with Gasteiger partial charge in [0.05, 0.1) is 12.2 Å². The van der Waals surface area contributed by atoms with Crippen LogP contribution in [0, 0.1) is 5.82 Å². The first kappa shape index (κ1) is 18.2. The number of carbonyl (C=O) groups is 1. The van der Waals surface area contributed by atoms with Crippen LogP contribution in [0.1, 0.15) is 29.6 Å². The van der Waals surface area contributed by atoms with Gasteiger partial charge < -0.3 is 15.4 Å². The van der Waals surface area contributed by atoms with Crippen LogP contribution in [-0.2, 0) is 4.79 Å². The maximum Gasteiger partial charge on any atom is 0.287 e.